The number of nitrogens with one attached hydrogen (secondary N) is 1. The Bertz CT molecular complexity index is 1050. The minimum atomic E-state index is -0.588. The molecule has 1 aromatic heterocycles. The van der Waals surface area contributed by atoms with Crippen molar-refractivity contribution in [2.45, 2.75) is 31.6 Å². The summed E-state index contributed by atoms with van der Waals surface area (Å²) < 4.78 is 10.4. The Hall–Kier alpha value is -2.90. The van der Waals surface area contributed by atoms with Gasteiger partial charge in [-0.2, -0.15) is 0 Å². The minimum absolute atomic E-state index is 0.00943. The Kier molecular flexibility index (Phi) is 6.25. The maximum atomic E-state index is 13.4. The van der Waals surface area contributed by atoms with Gasteiger partial charge in [0, 0.05) is 47.2 Å². The van der Waals surface area contributed by atoms with E-state index in [0.717, 1.165) is 5.70 Å². The van der Waals surface area contributed by atoms with Crippen LogP contribution in [0.15, 0.2) is 64.3 Å². The second-order valence-corrected chi connectivity index (χ2v) is 8.74. The number of phenolic OH excluding ortho intramolecular Hbond substituents is 1. The quantitative estimate of drug-likeness (QED) is 0.523. The fraction of sp³-hybridized carbons (Fsp3) is 0.333. The van der Waals surface area contributed by atoms with Gasteiger partial charge in [0.1, 0.15) is 12.4 Å². The molecule has 0 saturated carbocycles. The van der Waals surface area contributed by atoms with Crippen molar-refractivity contribution in [3.8, 4) is 5.75 Å². The van der Waals surface area contributed by atoms with E-state index in [0.29, 0.717) is 35.2 Å². The highest BCUT2D eigenvalue weighted by Gasteiger charge is 2.41. The molecule has 162 valence electrons. The van der Waals surface area contributed by atoms with Crippen LogP contribution in [0.3, 0.4) is 0 Å². The van der Waals surface area contributed by atoms with E-state index in [1.807, 2.05) is 24.4 Å². The van der Waals surface area contributed by atoms with Gasteiger partial charge in [0.2, 0.25) is 0 Å². The highest BCUT2D eigenvalue weighted by Crippen LogP contribution is 2.46. The molecule has 2 heterocycles. The summed E-state index contributed by atoms with van der Waals surface area (Å²) >= 11 is 1.65. The first-order chi connectivity index (χ1) is 15.0. The van der Waals surface area contributed by atoms with E-state index >= 15 is 0 Å². The van der Waals surface area contributed by atoms with E-state index in [2.05, 4.69) is 11.4 Å². The van der Waals surface area contributed by atoms with E-state index in [4.69, 9.17) is 9.47 Å². The normalized spacial score (nSPS) is 21.0. The van der Waals surface area contributed by atoms with Crippen molar-refractivity contribution in [2.24, 2.45) is 0 Å². The van der Waals surface area contributed by atoms with Crippen LogP contribution in [0.2, 0.25) is 0 Å². The van der Waals surface area contributed by atoms with E-state index in [1.165, 1.54) is 12.0 Å². The van der Waals surface area contributed by atoms with Crippen LogP contribution in [0.25, 0.3) is 0 Å². The summed E-state index contributed by atoms with van der Waals surface area (Å²) in [6, 6.07) is 10.8. The first-order valence-corrected chi connectivity index (χ1v) is 11.1. The van der Waals surface area contributed by atoms with Crippen LogP contribution in [-0.2, 0) is 19.1 Å². The number of ether oxygens (including phenoxy) is 2. The Morgan fingerprint density at radius 2 is 2.06 bits per heavy atom. The maximum Gasteiger partial charge on any atom is 0.336 e. The van der Waals surface area contributed by atoms with Crippen molar-refractivity contribution >= 4 is 23.1 Å². The molecule has 0 saturated heterocycles. The van der Waals surface area contributed by atoms with Crippen LogP contribution < -0.4 is 5.32 Å². The van der Waals surface area contributed by atoms with Crippen LogP contribution in [0.5, 0.6) is 5.75 Å². The van der Waals surface area contributed by atoms with Gasteiger partial charge in [0.15, 0.2) is 5.78 Å². The average Bonchev–Trinajstić information content (AvgIpc) is 3.27. The lowest BCUT2D eigenvalue weighted by atomic mass is 9.72. The highest BCUT2D eigenvalue weighted by molar-refractivity contribution is 7.10. The van der Waals surface area contributed by atoms with E-state index in [-0.39, 0.29) is 30.7 Å². The molecule has 0 spiro atoms. The number of thiophene rings is 1. The second-order valence-electron chi connectivity index (χ2n) is 7.76. The van der Waals surface area contributed by atoms with Crippen molar-refractivity contribution in [3.05, 3.63) is 74.8 Å². The maximum absolute atomic E-state index is 13.4. The first-order valence-electron chi connectivity index (χ1n) is 10.2. The SMILES string of the molecule is COCCOC(=O)C1=C(C)NC2=C(C(=O)CC(c3cccs3)C2)C1c1cccc(O)c1. The monoisotopic (exact) mass is 439 g/mol. The van der Waals surface area contributed by atoms with Crippen LogP contribution >= 0.6 is 11.3 Å². The van der Waals surface area contributed by atoms with Gasteiger partial charge in [-0.3, -0.25) is 4.79 Å². The molecular formula is C24H25NO5S. The molecule has 0 radical (unpaired) electrons. The van der Waals surface area contributed by atoms with Gasteiger partial charge in [-0.05, 0) is 42.5 Å². The fourth-order valence-electron chi connectivity index (χ4n) is 4.37. The van der Waals surface area contributed by atoms with Gasteiger partial charge in [0.05, 0.1) is 12.2 Å². The number of hydrogen-bond donors (Lipinski definition) is 2. The van der Waals surface area contributed by atoms with Crippen LogP contribution in [0.4, 0.5) is 0 Å². The fourth-order valence-corrected chi connectivity index (χ4v) is 5.20. The minimum Gasteiger partial charge on any atom is -0.508 e. The first kappa shape index (κ1) is 21.3. The molecule has 1 aliphatic carbocycles. The van der Waals surface area contributed by atoms with Crippen LogP contribution in [-0.4, -0.2) is 37.2 Å². The summed E-state index contributed by atoms with van der Waals surface area (Å²) in [6.45, 7) is 2.24. The van der Waals surface area contributed by atoms with E-state index in [9.17, 15) is 14.7 Å². The predicted octanol–water partition coefficient (Wildman–Crippen LogP) is 4.00. The summed E-state index contributed by atoms with van der Waals surface area (Å²) in [5.74, 6) is -0.866. The highest BCUT2D eigenvalue weighted by atomic mass is 32.1. The number of Topliss-reactive ketones (excluding diaryl/α,β-unsaturated/α-hetero) is 1. The van der Waals surface area contributed by atoms with Gasteiger partial charge in [-0.25, -0.2) is 4.79 Å². The lowest BCUT2D eigenvalue weighted by Gasteiger charge is -2.36. The number of phenols is 1. The number of esters is 1. The summed E-state index contributed by atoms with van der Waals surface area (Å²) in [7, 11) is 1.54. The van der Waals surface area contributed by atoms with Crippen LogP contribution in [0, 0.1) is 0 Å². The number of rotatable bonds is 6. The van der Waals surface area contributed by atoms with E-state index in [1.54, 1.807) is 29.5 Å². The molecule has 2 aromatic rings. The molecule has 0 bridgehead atoms. The standard InChI is InChI=1S/C24H25NO5S/c1-14-21(24(28)30-9-8-29-2)22(15-5-3-6-17(26)11-15)23-18(25-14)12-16(13-19(23)27)20-7-4-10-31-20/h3-7,10-11,16,22,25-26H,8-9,12-13H2,1-2H3. The van der Waals surface area contributed by atoms with E-state index < -0.39 is 11.9 Å². The Balaban J connectivity index is 1.76. The van der Waals surface area contributed by atoms with Gasteiger partial charge in [0.25, 0.3) is 0 Å². The zero-order valence-electron chi connectivity index (χ0n) is 17.5. The molecule has 2 aliphatic rings. The smallest absolute Gasteiger partial charge is 0.336 e. The van der Waals surface area contributed by atoms with Crippen LogP contribution in [0.1, 0.15) is 42.0 Å². The topological polar surface area (TPSA) is 84.9 Å². The summed E-state index contributed by atoms with van der Waals surface area (Å²) in [5.41, 5.74) is 3.17. The zero-order valence-corrected chi connectivity index (χ0v) is 18.3. The lowest BCUT2D eigenvalue weighted by molar-refractivity contribution is -0.140. The van der Waals surface area contributed by atoms with Crippen molar-refractivity contribution in [2.75, 3.05) is 20.3 Å². The summed E-state index contributed by atoms with van der Waals surface area (Å²) in [4.78, 5) is 27.6. The third kappa shape index (κ3) is 4.29. The third-order valence-electron chi connectivity index (χ3n) is 5.72. The largest absolute Gasteiger partial charge is 0.508 e. The molecule has 2 unspecified atom stereocenters. The number of hydrogen-bond acceptors (Lipinski definition) is 7. The number of carbonyl (C=O) groups excluding carboxylic acids is 2. The average molecular weight is 440 g/mol. The molecule has 0 amide bonds. The second kappa shape index (κ2) is 9.08. The third-order valence-corrected chi connectivity index (χ3v) is 6.75. The van der Waals surface area contributed by atoms with Gasteiger partial charge in [-0.15, -0.1) is 11.3 Å². The Morgan fingerprint density at radius 1 is 1.23 bits per heavy atom. The number of carbonyl (C=O) groups is 2. The number of benzene rings is 1. The number of allylic oxidation sites excluding steroid dienone is 3. The van der Waals surface area contributed by atoms with Crippen molar-refractivity contribution in [3.63, 3.8) is 0 Å². The molecule has 7 heteroatoms. The summed E-state index contributed by atoms with van der Waals surface area (Å²) in [5, 5.41) is 15.4. The number of aromatic hydroxyl groups is 1. The van der Waals surface area contributed by atoms with Crippen molar-refractivity contribution < 1.29 is 24.2 Å². The van der Waals surface area contributed by atoms with Crippen molar-refractivity contribution in [1.82, 2.24) is 5.32 Å². The molecule has 0 fully saturated rings. The molecule has 31 heavy (non-hydrogen) atoms. The molecular weight excluding hydrogens is 414 g/mol. The molecule has 1 aliphatic heterocycles. The molecule has 4 rings (SSSR count). The van der Waals surface area contributed by atoms with Gasteiger partial charge in [-0.1, -0.05) is 18.2 Å². The zero-order chi connectivity index (χ0) is 22.0. The molecule has 1 aromatic carbocycles. The predicted molar refractivity (Wildman–Crippen MR) is 118 cm³/mol. The Labute approximate surface area is 185 Å². The molecule has 2 atom stereocenters. The van der Waals surface area contributed by atoms with Gasteiger partial charge >= 0.3 is 5.97 Å². The number of methoxy groups -OCH3 is 1. The molecule has 6 nitrogen and oxygen atoms in total. The van der Waals surface area contributed by atoms with Gasteiger partial charge < -0.3 is 19.9 Å². The Morgan fingerprint density at radius 3 is 2.77 bits per heavy atom. The number of dihydropyridines is 1. The summed E-state index contributed by atoms with van der Waals surface area (Å²) in [6.07, 6.45) is 1.08. The molecule has 2 N–H and O–H groups in total. The van der Waals surface area contributed by atoms with Crippen molar-refractivity contribution in [1.29, 1.82) is 0 Å². The lowest BCUT2D eigenvalue weighted by Crippen LogP contribution is -2.36. The number of ketones is 1.